The Bertz CT molecular complexity index is 1110. The van der Waals surface area contributed by atoms with Crippen LogP contribution in [0.3, 0.4) is 0 Å². The molecule has 1 N–H and O–H groups in total. The van der Waals surface area contributed by atoms with Crippen LogP contribution in [-0.4, -0.2) is 30.1 Å². The zero-order chi connectivity index (χ0) is 21.3. The molecule has 1 aliphatic rings. The molecular formula is C25H27N3O2. The molecule has 30 heavy (non-hydrogen) atoms. The third-order valence-electron chi connectivity index (χ3n) is 6.02. The van der Waals surface area contributed by atoms with E-state index in [0.717, 1.165) is 41.6 Å². The van der Waals surface area contributed by atoms with Crippen LogP contribution in [0.2, 0.25) is 0 Å². The lowest BCUT2D eigenvalue weighted by Gasteiger charge is -2.35. The first-order chi connectivity index (χ1) is 14.4. The minimum atomic E-state index is -0.142. The number of para-hydroxylation sites is 1. The summed E-state index contributed by atoms with van der Waals surface area (Å²) >= 11 is 0. The molecule has 0 bridgehead atoms. The molecule has 1 aliphatic heterocycles. The van der Waals surface area contributed by atoms with Crippen LogP contribution in [0, 0.1) is 11.3 Å². The zero-order valence-corrected chi connectivity index (χ0v) is 17.7. The van der Waals surface area contributed by atoms with Gasteiger partial charge in [-0.3, -0.25) is 4.79 Å². The molecule has 1 saturated heterocycles. The minimum Gasteiger partial charge on any atom is -0.376 e. The molecule has 154 valence electrons. The van der Waals surface area contributed by atoms with Gasteiger partial charge in [-0.05, 0) is 62.4 Å². The van der Waals surface area contributed by atoms with Gasteiger partial charge >= 0.3 is 0 Å². The standard InChI is InChI=1S/C25H27N3O2/c1-25(2)16-18(12-14-30-25)17-9-10-22-21(15-17)20(11-13-26)23(27-22)24(29)28(3)19-7-5-4-6-8-19/h4-10,15,18,27H,11-12,14,16H2,1-3H3/t18-/m0/s1. The van der Waals surface area contributed by atoms with Crippen molar-refractivity contribution in [1.82, 2.24) is 4.98 Å². The lowest BCUT2D eigenvalue weighted by molar-refractivity contribution is -0.0592. The van der Waals surface area contributed by atoms with Crippen molar-refractivity contribution < 1.29 is 9.53 Å². The van der Waals surface area contributed by atoms with Gasteiger partial charge in [0.1, 0.15) is 5.69 Å². The van der Waals surface area contributed by atoms with E-state index in [9.17, 15) is 10.1 Å². The smallest absolute Gasteiger partial charge is 0.274 e. The van der Waals surface area contributed by atoms with Gasteiger partial charge in [0.25, 0.3) is 5.91 Å². The van der Waals surface area contributed by atoms with Crippen molar-refractivity contribution in [2.75, 3.05) is 18.6 Å². The van der Waals surface area contributed by atoms with Crippen molar-refractivity contribution in [3.8, 4) is 6.07 Å². The Balaban J connectivity index is 1.73. The summed E-state index contributed by atoms with van der Waals surface area (Å²) in [5, 5.41) is 10.4. The number of hydrogen-bond donors (Lipinski definition) is 1. The maximum Gasteiger partial charge on any atom is 0.274 e. The average molecular weight is 402 g/mol. The number of anilines is 1. The number of benzene rings is 2. The Labute approximate surface area is 177 Å². The van der Waals surface area contributed by atoms with Gasteiger partial charge in [-0.2, -0.15) is 5.26 Å². The fourth-order valence-corrected chi connectivity index (χ4v) is 4.42. The highest BCUT2D eigenvalue weighted by Gasteiger charge is 2.30. The summed E-state index contributed by atoms with van der Waals surface area (Å²) in [6, 6.07) is 18.1. The molecule has 4 rings (SSSR count). The number of rotatable bonds is 4. The zero-order valence-electron chi connectivity index (χ0n) is 17.7. The first kappa shape index (κ1) is 20.2. The molecule has 1 atom stereocenters. The molecule has 2 heterocycles. The molecule has 0 aliphatic carbocycles. The fraction of sp³-hybridized carbons (Fsp3) is 0.360. The molecule has 5 heteroatoms. The normalized spacial score (nSPS) is 18.1. The van der Waals surface area contributed by atoms with E-state index in [1.165, 1.54) is 5.56 Å². The molecule has 0 spiro atoms. The molecule has 1 fully saturated rings. The number of carbonyl (C=O) groups is 1. The van der Waals surface area contributed by atoms with Crippen LogP contribution in [0.1, 0.15) is 54.2 Å². The van der Waals surface area contributed by atoms with Gasteiger partial charge in [0.05, 0.1) is 18.1 Å². The van der Waals surface area contributed by atoms with Gasteiger partial charge in [0.15, 0.2) is 0 Å². The summed E-state index contributed by atoms with van der Waals surface area (Å²) in [5.74, 6) is 0.269. The molecule has 5 nitrogen and oxygen atoms in total. The second kappa shape index (κ2) is 7.97. The average Bonchev–Trinajstić information content (AvgIpc) is 3.10. The van der Waals surface area contributed by atoms with Crippen molar-refractivity contribution in [2.24, 2.45) is 0 Å². The van der Waals surface area contributed by atoms with Crippen molar-refractivity contribution >= 4 is 22.5 Å². The van der Waals surface area contributed by atoms with Gasteiger partial charge in [-0.1, -0.05) is 24.3 Å². The summed E-state index contributed by atoms with van der Waals surface area (Å²) in [7, 11) is 1.76. The van der Waals surface area contributed by atoms with E-state index in [1.807, 2.05) is 36.4 Å². The molecule has 1 amide bonds. The topological polar surface area (TPSA) is 69.1 Å². The number of aromatic amines is 1. The predicted molar refractivity (Wildman–Crippen MR) is 119 cm³/mol. The first-order valence-electron chi connectivity index (χ1n) is 10.4. The Hall–Kier alpha value is -3.10. The number of amides is 1. The lowest BCUT2D eigenvalue weighted by Crippen LogP contribution is -2.32. The van der Waals surface area contributed by atoms with Gasteiger partial charge in [0.2, 0.25) is 0 Å². The van der Waals surface area contributed by atoms with E-state index in [-0.39, 0.29) is 17.9 Å². The minimum absolute atomic E-state index is 0.134. The highest BCUT2D eigenvalue weighted by atomic mass is 16.5. The maximum atomic E-state index is 13.3. The van der Waals surface area contributed by atoms with Gasteiger partial charge in [-0.15, -0.1) is 0 Å². The van der Waals surface area contributed by atoms with Crippen LogP contribution in [0.4, 0.5) is 5.69 Å². The predicted octanol–water partition coefficient (Wildman–Crippen LogP) is 5.18. The number of carbonyl (C=O) groups excluding carboxylic acids is 1. The monoisotopic (exact) mass is 401 g/mol. The Morgan fingerprint density at radius 1 is 1.27 bits per heavy atom. The van der Waals surface area contributed by atoms with Crippen molar-refractivity contribution in [3.05, 3.63) is 65.4 Å². The first-order valence-corrected chi connectivity index (χ1v) is 10.4. The highest BCUT2D eigenvalue weighted by molar-refractivity contribution is 6.09. The van der Waals surface area contributed by atoms with E-state index >= 15 is 0 Å². The van der Waals surface area contributed by atoms with E-state index in [4.69, 9.17) is 4.74 Å². The Kier molecular flexibility index (Phi) is 5.36. The summed E-state index contributed by atoms with van der Waals surface area (Å²) in [5.41, 5.74) is 4.07. The number of nitriles is 1. The summed E-state index contributed by atoms with van der Waals surface area (Å²) in [6.07, 6.45) is 2.13. The SMILES string of the molecule is CN(C(=O)c1[nH]c2ccc([C@H]3CCOC(C)(C)C3)cc2c1CC#N)c1ccccc1. The Morgan fingerprint density at radius 2 is 2.03 bits per heavy atom. The van der Waals surface area contributed by atoms with Crippen LogP contribution in [0.15, 0.2) is 48.5 Å². The van der Waals surface area contributed by atoms with Gasteiger partial charge in [-0.25, -0.2) is 0 Å². The molecule has 0 unspecified atom stereocenters. The number of ether oxygens (including phenoxy) is 1. The van der Waals surface area contributed by atoms with Crippen molar-refractivity contribution in [2.45, 2.75) is 44.6 Å². The third-order valence-corrected chi connectivity index (χ3v) is 6.02. The van der Waals surface area contributed by atoms with Crippen molar-refractivity contribution in [1.29, 1.82) is 5.26 Å². The van der Waals surface area contributed by atoms with E-state index in [1.54, 1.807) is 11.9 Å². The summed E-state index contributed by atoms with van der Waals surface area (Å²) in [6.45, 7) is 5.01. The Morgan fingerprint density at radius 3 is 2.73 bits per heavy atom. The van der Waals surface area contributed by atoms with Crippen molar-refractivity contribution in [3.63, 3.8) is 0 Å². The maximum absolute atomic E-state index is 13.3. The van der Waals surface area contributed by atoms with E-state index in [2.05, 4.69) is 37.0 Å². The molecule has 3 aromatic rings. The third kappa shape index (κ3) is 3.83. The largest absolute Gasteiger partial charge is 0.376 e. The van der Waals surface area contributed by atoms with Gasteiger partial charge < -0.3 is 14.6 Å². The van der Waals surface area contributed by atoms with Crippen LogP contribution >= 0.6 is 0 Å². The highest BCUT2D eigenvalue weighted by Crippen LogP contribution is 2.37. The van der Waals surface area contributed by atoms with Crippen LogP contribution in [-0.2, 0) is 11.2 Å². The number of H-pyrrole nitrogens is 1. The second-order valence-electron chi connectivity index (χ2n) is 8.62. The van der Waals surface area contributed by atoms with E-state index in [0.29, 0.717) is 11.6 Å². The van der Waals surface area contributed by atoms with Crippen LogP contribution in [0.25, 0.3) is 10.9 Å². The second-order valence-corrected chi connectivity index (χ2v) is 8.62. The van der Waals surface area contributed by atoms with Crippen LogP contribution in [0.5, 0.6) is 0 Å². The number of fused-ring (bicyclic) bond motifs is 1. The van der Waals surface area contributed by atoms with Gasteiger partial charge in [0, 0.05) is 35.8 Å². The summed E-state index contributed by atoms with van der Waals surface area (Å²) in [4.78, 5) is 18.1. The number of aromatic nitrogens is 1. The number of nitrogens with zero attached hydrogens (tertiary/aromatic N) is 2. The van der Waals surface area contributed by atoms with E-state index < -0.39 is 0 Å². The number of hydrogen-bond acceptors (Lipinski definition) is 3. The lowest BCUT2D eigenvalue weighted by atomic mass is 9.83. The quantitative estimate of drug-likeness (QED) is 0.655. The van der Waals surface area contributed by atoms with Crippen LogP contribution < -0.4 is 4.90 Å². The molecule has 2 aromatic carbocycles. The molecular weight excluding hydrogens is 374 g/mol. The number of nitrogens with one attached hydrogen (secondary N) is 1. The molecule has 0 saturated carbocycles. The molecule has 0 radical (unpaired) electrons. The molecule has 1 aromatic heterocycles. The summed E-state index contributed by atoms with van der Waals surface area (Å²) < 4.78 is 5.87. The fourth-order valence-electron chi connectivity index (χ4n) is 4.42.